The molecule has 0 amide bonds. The van der Waals surface area contributed by atoms with Gasteiger partial charge < -0.3 is 4.48 Å². The number of hydrogen-bond acceptors (Lipinski definition) is 2. The fraction of sp³-hybridized carbons (Fsp3) is 0.700. The smallest absolute Gasteiger partial charge is 0.228 e. The van der Waals surface area contributed by atoms with Gasteiger partial charge in [-0.1, -0.05) is 13.0 Å². The third-order valence-electron chi connectivity index (χ3n) is 2.18. The zero-order valence-corrected chi connectivity index (χ0v) is 9.08. The van der Waals surface area contributed by atoms with Gasteiger partial charge in [0.25, 0.3) is 0 Å². The quantitative estimate of drug-likeness (QED) is 0.393. The number of ketones is 1. The Morgan fingerprint density at radius 2 is 2.08 bits per heavy atom. The van der Waals surface area contributed by atoms with E-state index < -0.39 is 6.17 Å². The first-order valence-electron chi connectivity index (χ1n) is 4.70. The maximum absolute atomic E-state index is 11.4. The van der Waals surface area contributed by atoms with E-state index in [4.69, 9.17) is 5.73 Å². The van der Waals surface area contributed by atoms with Gasteiger partial charge in [0.05, 0.1) is 20.6 Å². The minimum absolute atomic E-state index is 0.000880. The van der Waals surface area contributed by atoms with Crippen LogP contribution in [-0.4, -0.2) is 37.1 Å². The summed E-state index contributed by atoms with van der Waals surface area (Å²) in [6.07, 6.45) is 3.87. The molecule has 1 atom stereocenters. The van der Waals surface area contributed by atoms with Gasteiger partial charge >= 0.3 is 0 Å². The number of quaternary nitrogens is 1. The Kier molecular flexibility index (Phi) is 4.88. The number of hydrogen-bond donors (Lipinski definition) is 1. The highest BCUT2D eigenvalue weighted by molar-refractivity contribution is 5.92. The molecular formula is C10H21N2O+. The molecule has 0 saturated heterocycles. The molecule has 0 rings (SSSR count). The number of carbonyl (C=O) groups is 1. The summed E-state index contributed by atoms with van der Waals surface area (Å²) in [6, 6.07) is 0. The molecule has 0 aromatic carbocycles. The maximum atomic E-state index is 11.4. The standard InChI is InChI=1S/C10H21N2O/c1-5-7-9(13)10(11)12(3,4)8-6-2/h5,7,10H,6,8,11H2,1-4H3/q+1. The Morgan fingerprint density at radius 1 is 1.54 bits per heavy atom. The van der Waals surface area contributed by atoms with Crippen molar-refractivity contribution in [1.82, 2.24) is 0 Å². The van der Waals surface area contributed by atoms with E-state index in [1.54, 1.807) is 12.2 Å². The zero-order chi connectivity index (χ0) is 10.5. The molecule has 3 heteroatoms. The topological polar surface area (TPSA) is 43.1 Å². The highest BCUT2D eigenvalue weighted by Crippen LogP contribution is 2.04. The highest BCUT2D eigenvalue weighted by atomic mass is 16.1. The summed E-state index contributed by atoms with van der Waals surface area (Å²) in [4.78, 5) is 11.4. The number of rotatable bonds is 5. The molecule has 13 heavy (non-hydrogen) atoms. The summed E-state index contributed by atoms with van der Waals surface area (Å²) in [5.41, 5.74) is 5.84. The van der Waals surface area contributed by atoms with Crippen LogP contribution in [0.1, 0.15) is 20.3 Å². The van der Waals surface area contributed by atoms with Crippen molar-refractivity contribution in [2.45, 2.75) is 26.4 Å². The van der Waals surface area contributed by atoms with Gasteiger partial charge in [0, 0.05) is 0 Å². The van der Waals surface area contributed by atoms with Crippen molar-refractivity contribution >= 4 is 5.78 Å². The second-order valence-corrected chi connectivity index (χ2v) is 3.85. The molecule has 0 fully saturated rings. The lowest BCUT2D eigenvalue weighted by Gasteiger charge is -2.33. The van der Waals surface area contributed by atoms with Crippen molar-refractivity contribution in [3.63, 3.8) is 0 Å². The van der Waals surface area contributed by atoms with E-state index in [9.17, 15) is 4.79 Å². The Hall–Kier alpha value is -0.670. The highest BCUT2D eigenvalue weighted by Gasteiger charge is 2.28. The van der Waals surface area contributed by atoms with Gasteiger partial charge in [-0.2, -0.15) is 0 Å². The van der Waals surface area contributed by atoms with Crippen molar-refractivity contribution in [3.05, 3.63) is 12.2 Å². The predicted molar refractivity (Wildman–Crippen MR) is 55.1 cm³/mol. The summed E-state index contributed by atoms with van der Waals surface area (Å²) in [7, 11) is 3.96. The second kappa shape index (κ2) is 5.14. The number of carbonyl (C=O) groups excluding carboxylic acids is 1. The van der Waals surface area contributed by atoms with Crippen LogP contribution >= 0.6 is 0 Å². The van der Waals surface area contributed by atoms with Crippen molar-refractivity contribution < 1.29 is 9.28 Å². The van der Waals surface area contributed by atoms with E-state index in [1.165, 1.54) is 0 Å². The number of likely N-dealkylation sites (N-methyl/N-ethyl adjacent to an activating group) is 1. The van der Waals surface area contributed by atoms with E-state index in [-0.39, 0.29) is 5.78 Å². The molecule has 0 heterocycles. The number of allylic oxidation sites excluding steroid dienone is 1. The third kappa shape index (κ3) is 3.70. The lowest BCUT2D eigenvalue weighted by atomic mass is 10.2. The van der Waals surface area contributed by atoms with Gasteiger partial charge in [-0.15, -0.1) is 0 Å². The minimum atomic E-state index is -0.434. The Labute approximate surface area is 80.8 Å². The largest absolute Gasteiger partial charge is 0.307 e. The normalized spacial score (nSPS) is 14.8. The molecule has 0 radical (unpaired) electrons. The van der Waals surface area contributed by atoms with Crippen molar-refractivity contribution in [1.29, 1.82) is 0 Å². The molecule has 1 unspecified atom stereocenters. The summed E-state index contributed by atoms with van der Waals surface area (Å²) in [5, 5.41) is 0. The molecule has 0 spiro atoms. The Bertz CT molecular complexity index is 197. The van der Waals surface area contributed by atoms with Gasteiger partial charge in [0.1, 0.15) is 0 Å². The molecule has 0 aromatic heterocycles. The van der Waals surface area contributed by atoms with Gasteiger partial charge in [-0.25, -0.2) is 0 Å². The number of nitrogens with two attached hydrogens (primary N) is 1. The second-order valence-electron chi connectivity index (χ2n) is 3.85. The summed E-state index contributed by atoms with van der Waals surface area (Å²) in [6.45, 7) is 4.84. The molecule has 76 valence electrons. The predicted octanol–water partition coefficient (Wildman–Crippen LogP) is 0.903. The Balaban J connectivity index is 4.38. The fourth-order valence-corrected chi connectivity index (χ4v) is 1.32. The molecule has 0 aromatic rings. The van der Waals surface area contributed by atoms with Gasteiger partial charge in [-0.05, 0) is 19.4 Å². The molecule has 2 N–H and O–H groups in total. The van der Waals surface area contributed by atoms with Crippen LogP contribution in [0.5, 0.6) is 0 Å². The van der Waals surface area contributed by atoms with E-state index in [2.05, 4.69) is 6.92 Å². The van der Waals surface area contributed by atoms with Crippen molar-refractivity contribution in [3.8, 4) is 0 Å². The lowest BCUT2D eigenvalue weighted by Crippen LogP contribution is -2.57. The first kappa shape index (κ1) is 12.3. The van der Waals surface area contributed by atoms with Crippen LogP contribution in [0.2, 0.25) is 0 Å². The van der Waals surface area contributed by atoms with E-state index in [0.717, 1.165) is 13.0 Å². The molecule has 0 aliphatic rings. The van der Waals surface area contributed by atoms with Gasteiger partial charge in [0.2, 0.25) is 11.9 Å². The molecule has 0 bridgehead atoms. The molecule has 3 nitrogen and oxygen atoms in total. The monoisotopic (exact) mass is 185 g/mol. The van der Waals surface area contributed by atoms with Gasteiger partial charge in [-0.3, -0.25) is 10.5 Å². The molecule has 0 aliphatic carbocycles. The van der Waals surface area contributed by atoms with E-state index >= 15 is 0 Å². The van der Waals surface area contributed by atoms with Crippen LogP contribution in [0.3, 0.4) is 0 Å². The lowest BCUT2D eigenvalue weighted by molar-refractivity contribution is -0.905. The van der Waals surface area contributed by atoms with Crippen molar-refractivity contribution in [2.24, 2.45) is 5.73 Å². The first-order valence-corrected chi connectivity index (χ1v) is 4.70. The molecule has 0 aliphatic heterocycles. The van der Waals surface area contributed by atoms with Crippen molar-refractivity contribution in [2.75, 3.05) is 20.6 Å². The van der Waals surface area contributed by atoms with Crippen LogP contribution < -0.4 is 5.73 Å². The SMILES string of the molecule is CC=CC(=O)C(N)[N+](C)(C)CCC. The van der Waals surface area contributed by atoms with Crippen LogP contribution in [0.4, 0.5) is 0 Å². The zero-order valence-electron chi connectivity index (χ0n) is 9.08. The van der Waals surface area contributed by atoms with Crippen LogP contribution in [0.15, 0.2) is 12.2 Å². The maximum Gasteiger partial charge on any atom is 0.228 e. The van der Waals surface area contributed by atoms with E-state index in [0.29, 0.717) is 4.48 Å². The minimum Gasteiger partial charge on any atom is -0.307 e. The van der Waals surface area contributed by atoms with E-state index in [1.807, 2.05) is 21.0 Å². The fourth-order valence-electron chi connectivity index (χ4n) is 1.32. The van der Waals surface area contributed by atoms with Crippen LogP contribution in [-0.2, 0) is 4.79 Å². The average molecular weight is 185 g/mol. The van der Waals surface area contributed by atoms with Crippen LogP contribution in [0.25, 0.3) is 0 Å². The first-order chi connectivity index (χ1) is 5.95. The van der Waals surface area contributed by atoms with Crippen LogP contribution in [0, 0.1) is 0 Å². The summed E-state index contributed by atoms with van der Waals surface area (Å²) >= 11 is 0. The third-order valence-corrected chi connectivity index (χ3v) is 2.18. The van der Waals surface area contributed by atoms with Gasteiger partial charge in [0.15, 0.2) is 0 Å². The average Bonchev–Trinajstić information content (AvgIpc) is 2.03. The summed E-state index contributed by atoms with van der Waals surface area (Å²) in [5.74, 6) is 0.000880. The Morgan fingerprint density at radius 3 is 2.46 bits per heavy atom. The number of nitrogens with zero attached hydrogens (tertiary/aromatic N) is 1. The molecule has 0 saturated carbocycles. The molecular weight excluding hydrogens is 164 g/mol. The summed E-state index contributed by atoms with van der Waals surface area (Å²) < 4.78 is 0.555.